The second-order valence-electron chi connectivity index (χ2n) is 3.45. The van der Waals surface area contributed by atoms with E-state index in [1.165, 1.54) is 0 Å². The van der Waals surface area contributed by atoms with E-state index in [0.717, 1.165) is 16.5 Å². The van der Waals surface area contributed by atoms with E-state index in [-0.39, 0.29) is 5.97 Å². The standard InChI is InChI=1S/C13H13NO2/c1-3-16-13(15)9(2)11-8-14-12-7-5-4-6-10(11)12/h4-8,14H,2-3H2,1H3. The molecule has 0 spiro atoms. The van der Waals surface area contributed by atoms with Crippen LogP contribution in [0.4, 0.5) is 0 Å². The summed E-state index contributed by atoms with van der Waals surface area (Å²) < 4.78 is 4.92. The number of hydrogen-bond acceptors (Lipinski definition) is 2. The minimum atomic E-state index is -0.368. The molecule has 2 aromatic rings. The Balaban J connectivity index is 2.40. The SMILES string of the molecule is C=C(C(=O)OCC)c1c[nH]c2ccccc12. The number of para-hydroxylation sites is 1. The van der Waals surface area contributed by atoms with Crippen LogP contribution in [0, 0.1) is 0 Å². The van der Waals surface area contributed by atoms with Gasteiger partial charge >= 0.3 is 5.97 Å². The molecule has 3 heteroatoms. The topological polar surface area (TPSA) is 42.1 Å². The summed E-state index contributed by atoms with van der Waals surface area (Å²) in [6.07, 6.45) is 1.78. The smallest absolute Gasteiger partial charge is 0.338 e. The summed E-state index contributed by atoms with van der Waals surface area (Å²) in [4.78, 5) is 14.6. The van der Waals surface area contributed by atoms with Crippen LogP contribution in [0.5, 0.6) is 0 Å². The van der Waals surface area contributed by atoms with Crippen molar-refractivity contribution in [3.63, 3.8) is 0 Å². The van der Waals surface area contributed by atoms with Crippen molar-refractivity contribution in [3.05, 3.63) is 42.6 Å². The molecule has 0 atom stereocenters. The van der Waals surface area contributed by atoms with Crippen molar-refractivity contribution in [1.82, 2.24) is 4.98 Å². The average Bonchev–Trinajstić information content (AvgIpc) is 2.72. The normalized spacial score (nSPS) is 10.3. The van der Waals surface area contributed by atoms with Gasteiger partial charge in [-0.15, -0.1) is 0 Å². The van der Waals surface area contributed by atoms with Crippen molar-refractivity contribution >= 4 is 22.4 Å². The monoisotopic (exact) mass is 215 g/mol. The Kier molecular flexibility index (Phi) is 2.77. The predicted octanol–water partition coefficient (Wildman–Crippen LogP) is 2.74. The average molecular weight is 215 g/mol. The molecule has 82 valence electrons. The molecule has 16 heavy (non-hydrogen) atoms. The molecule has 0 aliphatic heterocycles. The predicted molar refractivity (Wildman–Crippen MR) is 64.0 cm³/mol. The Morgan fingerprint density at radius 2 is 2.19 bits per heavy atom. The Hall–Kier alpha value is -2.03. The number of aromatic amines is 1. The Morgan fingerprint density at radius 3 is 2.94 bits per heavy atom. The van der Waals surface area contributed by atoms with Crippen LogP contribution in [-0.2, 0) is 9.53 Å². The Bertz CT molecular complexity index is 540. The van der Waals surface area contributed by atoms with E-state index in [1.807, 2.05) is 24.3 Å². The highest BCUT2D eigenvalue weighted by Crippen LogP contribution is 2.24. The summed E-state index contributed by atoms with van der Waals surface area (Å²) in [5, 5.41) is 0.987. The highest BCUT2D eigenvalue weighted by atomic mass is 16.5. The first kappa shape index (κ1) is 10.5. The maximum absolute atomic E-state index is 11.5. The van der Waals surface area contributed by atoms with Gasteiger partial charge in [-0.25, -0.2) is 4.79 Å². The van der Waals surface area contributed by atoms with Gasteiger partial charge in [0.25, 0.3) is 0 Å². The highest BCUT2D eigenvalue weighted by Gasteiger charge is 2.14. The molecule has 0 saturated heterocycles. The van der Waals surface area contributed by atoms with E-state index in [2.05, 4.69) is 11.6 Å². The number of fused-ring (bicyclic) bond motifs is 1. The lowest BCUT2D eigenvalue weighted by atomic mass is 10.1. The van der Waals surface area contributed by atoms with Crippen LogP contribution in [0.2, 0.25) is 0 Å². The minimum Gasteiger partial charge on any atom is -0.462 e. The molecule has 1 aromatic carbocycles. The van der Waals surface area contributed by atoms with Crippen LogP contribution in [0.3, 0.4) is 0 Å². The van der Waals surface area contributed by atoms with Crippen LogP contribution in [0.1, 0.15) is 12.5 Å². The molecular formula is C13H13NO2. The largest absolute Gasteiger partial charge is 0.462 e. The van der Waals surface area contributed by atoms with Gasteiger partial charge in [0.1, 0.15) is 0 Å². The number of aromatic nitrogens is 1. The highest BCUT2D eigenvalue weighted by molar-refractivity contribution is 6.19. The van der Waals surface area contributed by atoms with Crippen molar-refractivity contribution in [2.75, 3.05) is 6.61 Å². The molecule has 1 N–H and O–H groups in total. The summed E-state index contributed by atoms with van der Waals surface area (Å²) in [5.74, 6) is -0.368. The molecule has 1 heterocycles. The Morgan fingerprint density at radius 1 is 1.44 bits per heavy atom. The number of hydrogen-bond donors (Lipinski definition) is 1. The minimum absolute atomic E-state index is 0.361. The molecule has 0 aliphatic rings. The van der Waals surface area contributed by atoms with E-state index in [9.17, 15) is 4.79 Å². The van der Waals surface area contributed by atoms with Crippen molar-refractivity contribution in [2.24, 2.45) is 0 Å². The molecule has 0 amide bonds. The number of ether oxygens (including phenoxy) is 1. The van der Waals surface area contributed by atoms with Gasteiger partial charge in [-0.2, -0.15) is 0 Å². The fourth-order valence-corrected chi connectivity index (χ4v) is 1.65. The maximum Gasteiger partial charge on any atom is 0.338 e. The zero-order valence-corrected chi connectivity index (χ0v) is 9.12. The maximum atomic E-state index is 11.5. The van der Waals surface area contributed by atoms with Gasteiger partial charge in [0.15, 0.2) is 0 Å². The lowest BCUT2D eigenvalue weighted by Gasteiger charge is -2.03. The third-order valence-corrected chi connectivity index (χ3v) is 2.44. The van der Waals surface area contributed by atoms with Crippen molar-refractivity contribution < 1.29 is 9.53 Å². The molecule has 0 fully saturated rings. The summed E-state index contributed by atoms with van der Waals surface area (Å²) >= 11 is 0. The Labute approximate surface area is 93.7 Å². The quantitative estimate of drug-likeness (QED) is 0.631. The first-order chi connectivity index (χ1) is 7.74. The summed E-state index contributed by atoms with van der Waals surface area (Å²) in [7, 11) is 0. The van der Waals surface area contributed by atoms with Gasteiger partial charge in [-0.05, 0) is 13.0 Å². The molecule has 2 rings (SSSR count). The molecule has 0 saturated carbocycles. The summed E-state index contributed by atoms with van der Waals surface area (Å²) in [6, 6.07) is 7.77. The van der Waals surface area contributed by atoms with Crippen molar-refractivity contribution in [2.45, 2.75) is 6.92 Å². The van der Waals surface area contributed by atoms with Gasteiger partial charge < -0.3 is 9.72 Å². The molecule has 0 bridgehead atoms. The third kappa shape index (κ3) is 1.72. The summed E-state index contributed by atoms with van der Waals surface area (Å²) in [6.45, 7) is 5.91. The number of nitrogens with one attached hydrogen (secondary N) is 1. The number of carbonyl (C=O) groups excluding carboxylic acids is 1. The number of rotatable bonds is 3. The van der Waals surface area contributed by atoms with Crippen LogP contribution < -0.4 is 0 Å². The number of carbonyl (C=O) groups is 1. The first-order valence-corrected chi connectivity index (χ1v) is 5.16. The molecule has 3 nitrogen and oxygen atoms in total. The molecule has 1 aromatic heterocycles. The number of H-pyrrole nitrogens is 1. The van der Waals surface area contributed by atoms with E-state index >= 15 is 0 Å². The van der Waals surface area contributed by atoms with Gasteiger partial charge in [-0.1, -0.05) is 24.8 Å². The van der Waals surface area contributed by atoms with E-state index in [0.29, 0.717) is 12.2 Å². The lowest BCUT2D eigenvalue weighted by molar-refractivity contribution is -0.136. The zero-order valence-electron chi connectivity index (χ0n) is 9.12. The van der Waals surface area contributed by atoms with E-state index in [1.54, 1.807) is 13.1 Å². The van der Waals surface area contributed by atoms with Crippen LogP contribution >= 0.6 is 0 Å². The third-order valence-electron chi connectivity index (χ3n) is 2.44. The molecular weight excluding hydrogens is 202 g/mol. The fraction of sp³-hybridized carbons (Fsp3) is 0.154. The fourth-order valence-electron chi connectivity index (χ4n) is 1.65. The number of benzene rings is 1. The van der Waals surface area contributed by atoms with Gasteiger partial charge in [0.05, 0.1) is 12.2 Å². The van der Waals surface area contributed by atoms with Gasteiger partial charge in [0, 0.05) is 22.7 Å². The van der Waals surface area contributed by atoms with Crippen LogP contribution in [0.15, 0.2) is 37.0 Å². The second kappa shape index (κ2) is 4.23. The lowest BCUT2D eigenvalue weighted by Crippen LogP contribution is -2.05. The zero-order chi connectivity index (χ0) is 11.5. The van der Waals surface area contributed by atoms with Gasteiger partial charge in [0.2, 0.25) is 0 Å². The van der Waals surface area contributed by atoms with E-state index in [4.69, 9.17) is 4.74 Å². The van der Waals surface area contributed by atoms with Crippen LogP contribution in [-0.4, -0.2) is 17.6 Å². The molecule has 0 aliphatic carbocycles. The first-order valence-electron chi connectivity index (χ1n) is 5.16. The summed E-state index contributed by atoms with van der Waals surface area (Å²) in [5.41, 5.74) is 2.18. The van der Waals surface area contributed by atoms with Crippen molar-refractivity contribution in [1.29, 1.82) is 0 Å². The van der Waals surface area contributed by atoms with Gasteiger partial charge in [-0.3, -0.25) is 0 Å². The van der Waals surface area contributed by atoms with Crippen LogP contribution in [0.25, 0.3) is 16.5 Å². The molecule has 0 radical (unpaired) electrons. The second-order valence-corrected chi connectivity index (χ2v) is 3.45. The van der Waals surface area contributed by atoms with E-state index < -0.39 is 0 Å². The van der Waals surface area contributed by atoms with Crippen molar-refractivity contribution in [3.8, 4) is 0 Å². The molecule has 0 unspecified atom stereocenters. The number of esters is 1.